The number of benzene rings is 1. The second-order valence-corrected chi connectivity index (χ2v) is 8.39. The molecule has 1 amide bonds. The number of anilines is 1. The molecule has 0 aliphatic rings. The molecule has 4 rings (SSSR count). The summed E-state index contributed by atoms with van der Waals surface area (Å²) in [6.07, 6.45) is 3.90. The first kappa shape index (κ1) is 21.7. The first-order chi connectivity index (χ1) is 15.3. The van der Waals surface area contributed by atoms with Gasteiger partial charge in [-0.25, -0.2) is 4.98 Å². The van der Waals surface area contributed by atoms with Crippen molar-refractivity contribution < 1.29 is 4.79 Å². The Morgan fingerprint density at radius 1 is 1.12 bits per heavy atom. The molecule has 4 aromatic rings. The van der Waals surface area contributed by atoms with Crippen molar-refractivity contribution in [2.24, 2.45) is 0 Å². The van der Waals surface area contributed by atoms with Crippen LogP contribution < -0.4 is 11.1 Å². The highest BCUT2D eigenvalue weighted by Gasteiger charge is 2.17. The van der Waals surface area contributed by atoms with Gasteiger partial charge in [-0.2, -0.15) is 0 Å². The Bertz CT molecular complexity index is 1300. The van der Waals surface area contributed by atoms with Crippen LogP contribution in [0.3, 0.4) is 0 Å². The molecule has 1 unspecified atom stereocenters. The Kier molecular flexibility index (Phi) is 6.06. The molecule has 3 heterocycles. The Hall–Kier alpha value is -3.51. The van der Waals surface area contributed by atoms with Crippen molar-refractivity contribution in [3.05, 3.63) is 93.5 Å². The van der Waals surface area contributed by atoms with Crippen LogP contribution >= 0.6 is 11.6 Å². The van der Waals surface area contributed by atoms with Gasteiger partial charge in [0.05, 0.1) is 16.6 Å². The zero-order valence-corrected chi connectivity index (χ0v) is 18.9. The average Bonchev–Trinajstić information content (AvgIpc) is 2.73. The number of aromatic nitrogens is 3. The van der Waals surface area contributed by atoms with Crippen LogP contribution in [0.4, 0.5) is 5.82 Å². The summed E-state index contributed by atoms with van der Waals surface area (Å²) in [7, 11) is 0. The van der Waals surface area contributed by atoms with Crippen LogP contribution in [-0.4, -0.2) is 20.9 Å². The maximum atomic E-state index is 12.9. The molecule has 0 aliphatic carbocycles. The smallest absolute Gasteiger partial charge is 0.251 e. The highest BCUT2D eigenvalue weighted by atomic mass is 35.5. The van der Waals surface area contributed by atoms with Gasteiger partial charge in [0.25, 0.3) is 5.91 Å². The lowest BCUT2D eigenvalue weighted by Crippen LogP contribution is -2.28. The summed E-state index contributed by atoms with van der Waals surface area (Å²) in [5.74, 6) is 0.319. The van der Waals surface area contributed by atoms with Gasteiger partial charge in [-0.15, -0.1) is 0 Å². The fourth-order valence-electron chi connectivity index (χ4n) is 4.07. The van der Waals surface area contributed by atoms with Crippen LogP contribution in [-0.2, 0) is 6.42 Å². The van der Waals surface area contributed by atoms with E-state index >= 15 is 0 Å². The lowest BCUT2D eigenvalue weighted by molar-refractivity contribution is 0.0939. The van der Waals surface area contributed by atoms with E-state index in [0.717, 1.165) is 39.0 Å². The Balaban J connectivity index is 1.52. The van der Waals surface area contributed by atoms with Crippen molar-refractivity contribution >= 4 is 34.2 Å². The topological polar surface area (TPSA) is 93.8 Å². The molecular weight excluding hydrogens is 422 g/mol. The highest BCUT2D eigenvalue weighted by molar-refractivity contribution is 6.31. The lowest BCUT2D eigenvalue weighted by atomic mass is 10.0. The number of rotatable bonds is 5. The lowest BCUT2D eigenvalue weighted by Gasteiger charge is -2.19. The van der Waals surface area contributed by atoms with Crippen LogP contribution in [0, 0.1) is 13.8 Å². The van der Waals surface area contributed by atoms with E-state index in [-0.39, 0.29) is 11.9 Å². The number of amides is 1. The van der Waals surface area contributed by atoms with Gasteiger partial charge < -0.3 is 11.1 Å². The summed E-state index contributed by atoms with van der Waals surface area (Å²) >= 11 is 6.07. The number of nitrogens with two attached hydrogens (primary N) is 1. The van der Waals surface area contributed by atoms with Crippen LogP contribution in [0.5, 0.6) is 0 Å². The molecule has 0 spiro atoms. The third-order valence-electron chi connectivity index (χ3n) is 5.43. The number of nitrogens with zero attached hydrogens (tertiary/aromatic N) is 3. The quantitative estimate of drug-likeness (QED) is 0.452. The van der Waals surface area contributed by atoms with Gasteiger partial charge in [0.1, 0.15) is 5.82 Å². The zero-order valence-electron chi connectivity index (χ0n) is 18.2. The number of aryl methyl sites for hydroxylation is 2. The zero-order chi connectivity index (χ0) is 22.8. The number of hydrogen-bond donors (Lipinski definition) is 2. The fourth-order valence-corrected chi connectivity index (χ4v) is 4.23. The molecule has 6 nitrogen and oxygen atoms in total. The minimum atomic E-state index is -0.204. The summed E-state index contributed by atoms with van der Waals surface area (Å²) < 4.78 is 0. The van der Waals surface area contributed by atoms with E-state index in [1.807, 2.05) is 57.2 Å². The van der Waals surface area contributed by atoms with E-state index in [9.17, 15) is 4.79 Å². The number of pyridine rings is 3. The minimum Gasteiger partial charge on any atom is -0.384 e. The van der Waals surface area contributed by atoms with Crippen molar-refractivity contribution in [1.29, 1.82) is 0 Å². The number of carbonyl (C=O) groups is 1. The monoisotopic (exact) mass is 445 g/mol. The van der Waals surface area contributed by atoms with Crippen molar-refractivity contribution in [2.45, 2.75) is 33.2 Å². The van der Waals surface area contributed by atoms with E-state index in [1.165, 1.54) is 0 Å². The molecule has 32 heavy (non-hydrogen) atoms. The Morgan fingerprint density at radius 2 is 1.94 bits per heavy atom. The first-order valence-corrected chi connectivity index (χ1v) is 10.7. The Morgan fingerprint density at radius 3 is 2.72 bits per heavy atom. The predicted molar refractivity (Wildman–Crippen MR) is 128 cm³/mol. The average molecular weight is 446 g/mol. The number of halogens is 1. The second kappa shape index (κ2) is 8.93. The standard InChI is InChI=1S/C25H24ClN5O/c1-14-8-23(27)30-15(2)24(14)16(3)31-25(32)18-6-7-28-21(12-18)10-17-4-5-22-19(9-17)11-20(26)13-29-22/h4-9,11-13,16H,10H2,1-3H3,(H2,27,30)(H,31,32). The fraction of sp³-hybridized carbons (Fsp3) is 0.200. The van der Waals surface area contributed by atoms with Crippen LogP contribution in [0.1, 0.15) is 51.4 Å². The van der Waals surface area contributed by atoms with E-state index in [1.54, 1.807) is 18.5 Å². The van der Waals surface area contributed by atoms with E-state index in [0.29, 0.717) is 22.8 Å². The molecule has 0 bridgehead atoms. The minimum absolute atomic E-state index is 0.161. The van der Waals surface area contributed by atoms with Crippen LogP contribution in [0.25, 0.3) is 10.9 Å². The molecule has 1 aromatic carbocycles. The molecule has 0 radical (unpaired) electrons. The molecule has 162 valence electrons. The molecule has 7 heteroatoms. The van der Waals surface area contributed by atoms with Crippen LogP contribution in [0.15, 0.2) is 54.9 Å². The molecule has 0 aliphatic heterocycles. The number of carbonyl (C=O) groups excluding carboxylic acids is 1. The first-order valence-electron chi connectivity index (χ1n) is 10.3. The van der Waals surface area contributed by atoms with Gasteiger partial charge in [-0.3, -0.25) is 14.8 Å². The summed E-state index contributed by atoms with van der Waals surface area (Å²) in [4.78, 5) is 26.0. The predicted octanol–water partition coefficient (Wildman–Crippen LogP) is 4.96. The van der Waals surface area contributed by atoms with E-state index in [4.69, 9.17) is 17.3 Å². The third-order valence-corrected chi connectivity index (χ3v) is 5.64. The molecule has 0 saturated carbocycles. The van der Waals surface area contributed by atoms with Gasteiger partial charge in [-0.1, -0.05) is 17.7 Å². The normalized spacial score (nSPS) is 12.0. The van der Waals surface area contributed by atoms with Gasteiger partial charge in [0, 0.05) is 41.2 Å². The number of nitrogens with one attached hydrogen (secondary N) is 1. The number of fused-ring (bicyclic) bond motifs is 1. The largest absolute Gasteiger partial charge is 0.384 e. The van der Waals surface area contributed by atoms with Crippen molar-refractivity contribution in [1.82, 2.24) is 20.3 Å². The van der Waals surface area contributed by atoms with Crippen LogP contribution in [0.2, 0.25) is 5.02 Å². The maximum Gasteiger partial charge on any atom is 0.251 e. The molecule has 0 fully saturated rings. The van der Waals surface area contributed by atoms with E-state index in [2.05, 4.69) is 20.3 Å². The van der Waals surface area contributed by atoms with Gasteiger partial charge in [0.15, 0.2) is 0 Å². The summed E-state index contributed by atoms with van der Waals surface area (Å²) in [5, 5.41) is 4.64. The molecule has 0 saturated heterocycles. The molecular formula is C25H24ClN5O. The van der Waals surface area contributed by atoms with Crippen molar-refractivity contribution in [3.63, 3.8) is 0 Å². The molecule has 3 N–H and O–H groups in total. The van der Waals surface area contributed by atoms with E-state index < -0.39 is 0 Å². The SMILES string of the molecule is Cc1cc(N)nc(C)c1C(C)NC(=O)c1ccnc(Cc2ccc3ncc(Cl)cc3c2)c1. The van der Waals surface area contributed by atoms with Crippen molar-refractivity contribution in [3.8, 4) is 0 Å². The van der Waals surface area contributed by atoms with Crippen molar-refractivity contribution in [2.75, 3.05) is 5.73 Å². The molecule has 1 atom stereocenters. The highest BCUT2D eigenvalue weighted by Crippen LogP contribution is 2.23. The summed E-state index contributed by atoms with van der Waals surface area (Å²) in [5.41, 5.74) is 11.9. The summed E-state index contributed by atoms with van der Waals surface area (Å²) in [6, 6.07) is 13.1. The maximum absolute atomic E-state index is 12.9. The Labute approximate surface area is 191 Å². The summed E-state index contributed by atoms with van der Waals surface area (Å²) in [6.45, 7) is 5.82. The second-order valence-electron chi connectivity index (χ2n) is 7.95. The van der Waals surface area contributed by atoms with Gasteiger partial charge in [-0.05, 0) is 73.9 Å². The molecule has 3 aromatic heterocycles. The number of nitrogen functional groups attached to an aromatic ring is 1. The van der Waals surface area contributed by atoms with Gasteiger partial charge >= 0.3 is 0 Å². The third kappa shape index (κ3) is 4.70. The number of hydrogen-bond acceptors (Lipinski definition) is 5. The van der Waals surface area contributed by atoms with Gasteiger partial charge in [0.2, 0.25) is 0 Å².